The second-order valence-electron chi connectivity index (χ2n) is 4.36. The molecule has 0 aliphatic carbocycles. The molecular formula is C14H17NO6. The Labute approximate surface area is 121 Å². The Morgan fingerprint density at radius 3 is 2.38 bits per heavy atom. The van der Waals surface area contributed by atoms with Crippen molar-refractivity contribution in [2.45, 2.75) is 19.4 Å². The molecule has 0 aliphatic rings. The molecule has 7 nitrogen and oxygen atoms in total. The molecule has 0 saturated carbocycles. The average molecular weight is 295 g/mol. The first-order valence-electron chi connectivity index (χ1n) is 6.27. The van der Waals surface area contributed by atoms with Gasteiger partial charge in [-0.1, -0.05) is 12.1 Å². The molecule has 0 heterocycles. The number of carbonyl (C=O) groups excluding carboxylic acids is 1. The molecule has 0 radical (unpaired) electrons. The highest BCUT2D eigenvalue weighted by molar-refractivity contribution is 5.99. The maximum absolute atomic E-state index is 12.5. The first kappa shape index (κ1) is 16.5. The third kappa shape index (κ3) is 4.20. The Balaban J connectivity index is 3.09. The third-order valence-corrected chi connectivity index (χ3v) is 2.99. The van der Waals surface area contributed by atoms with E-state index in [1.54, 1.807) is 18.2 Å². The molecule has 1 unspecified atom stereocenters. The second-order valence-corrected chi connectivity index (χ2v) is 4.36. The van der Waals surface area contributed by atoms with E-state index in [2.05, 4.69) is 0 Å². The summed E-state index contributed by atoms with van der Waals surface area (Å²) in [7, 11) is 1.40. The van der Waals surface area contributed by atoms with Crippen LogP contribution in [0.5, 0.6) is 5.75 Å². The van der Waals surface area contributed by atoms with Crippen LogP contribution in [0.3, 0.4) is 0 Å². The number of aliphatic carboxylic acids is 2. The van der Waals surface area contributed by atoms with Crippen molar-refractivity contribution in [3.8, 4) is 5.75 Å². The molecule has 0 bridgehead atoms. The van der Waals surface area contributed by atoms with Gasteiger partial charge in [-0.25, -0.2) is 4.79 Å². The van der Waals surface area contributed by atoms with Crippen LogP contribution in [0, 0.1) is 0 Å². The first-order valence-corrected chi connectivity index (χ1v) is 6.27. The molecule has 7 heteroatoms. The Morgan fingerprint density at radius 1 is 1.24 bits per heavy atom. The molecule has 0 aliphatic heterocycles. The maximum Gasteiger partial charge on any atom is 0.326 e. The zero-order chi connectivity index (χ0) is 16.0. The Bertz CT molecular complexity index is 542. The van der Waals surface area contributed by atoms with Gasteiger partial charge >= 0.3 is 11.9 Å². The summed E-state index contributed by atoms with van der Waals surface area (Å²) in [6, 6.07) is 5.24. The number of carbonyl (C=O) groups is 3. The third-order valence-electron chi connectivity index (χ3n) is 2.99. The van der Waals surface area contributed by atoms with Crippen molar-refractivity contribution < 1.29 is 29.3 Å². The van der Waals surface area contributed by atoms with Gasteiger partial charge in [0, 0.05) is 6.54 Å². The number of carboxylic acids is 2. The number of ether oxygens (including phenoxy) is 1. The zero-order valence-corrected chi connectivity index (χ0v) is 11.8. The lowest BCUT2D eigenvalue weighted by atomic mass is 10.1. The highest BCUT2D eigenvalue weighted by Crippen LogP contribution is 2.20. The van der Waals surface area contributed by atoms with E-state index >= 15 is 0 Å². The molecule has 0 aromatic heterocycles. The summed E-state index contributed by atoms with van der Waals surface area (Å²) >= 11 is 0. The van der Waals surface area contributed by atoms with Gasteiger partial charge < -0.3 is 19.8 Å². The van der Waals surface area contributed by atoms with E-state index in [0.717, 1.165) is 4.90 Å². The summed E-state index contributed by atoms with van der Waals surface area (Å²) < 4.78 is 5.07. The van der Waals surface area contributed by atoms with Gasteiger partial charge in [-0.3, -0.25) is 9.59 Å². The number of para-hydroxylation sites is 1. The molecule has 1 aromatic carbocycles. The number of hydrogen-bond donors (Lipinski definition) is 2. The number of benzene rings is 1. The van der Waals surface area contributed by atoms with E-state index in [-0.39, 0.29) is 18.5 Å². The fraction of sp³-hybridized carbons (Fsp3) is 0.357. The molecular weight excluding hydrogens is 278 g/mol. The minimum absolute atomic E-state index is 0.193. The van der Waals surface area contributed by atoms with Crippen LogP contribution in [0.15, 0.2) is 24.3 Å². The van der Waals surface area contributed by atoms with Crippen molar-refractivity contribution in [3.05, 3.63) is 29.8 Å². The van der Waals surface area contributed by atoms with Gasteiger partial charge in [-0.05, 0) is 19.1 Å². The van der Waals surface area contributed by atoms with E-state index in [1.807, 2.05) is 0 Å². The largest absolute Gasteiger partial charge is 0.496 e. The monoisotopic (exact) mass is 295 g/mol. The average Bonchev–Trinajstić information content (AvgIpc) is 2.46. The molecule has 114 valence electrons. The predicted molar refractivity (Wildman–Crippen MR) is 73.4 cm³/mol. The molecule has 1 rings (SSSR count). The van der Waals surface area contributed by atoms with Gasteiger partial charge in [0.2, 0.25) is 0 Å². The normalized spacial score (nSPS) is 11.5. The fourth-order valence-corrected chi connectivity index (χ4v) is 1.80. The fourth-order valence-electron chi connectivity index (χ4n) is 1.80. The molecule has 0 saturated heterocycles. The highest BCUT2D eigenvalue weighted by Gasteiger charge is 2.28. The number of carboxylic acid groups (broad SMARTS) is 2. The number of hydrogen-bond acceptors (Lipinski definition) is 4. The molecule has 21 heavy (non-hydrogen) atoms. The minimum atomic E-state index is -1.20. The van der Waals surface area contributed by atoms with E-state index in [9.17, 15) is 14.4 Å². The SMILES string of the molecule is COc1ccccc1C(=O)N(CCC(=O)O)C(C)C(=O)O. The van der Waals surface area contributed by atoms with E-state index < -0.39 is 23.9 Å². The summed E-state index contributed by atoms with van der Waals surface area (Å²) in [6.45, 7) is 1.14. The molecule has 0 fully saturated rings. The molecule has 1 atom stereocenters. The quantitative estimate of drug-likeness (QED) is 0.780. The summed E-state index contributed by atoms with van der Waals surface area (Å²) in [5.41, 5.74) is 0.193. The van der Waals surface area contributed by atoms with Crippen LogP contribution in [-0.2, 0) is 9.59 Å². The summed E-state index contributed by atoms with van der Waals surface area (Å²) in [4.78, 5) is 35.3. The van der Waals surface area contributed by atoms with Crippen molar-refractivity contribution in [1.29, 1.82) is 0 Å². The van der Waals surface area contributed by atoms with Gasteiger partial charge in [0.05, 0.1) is 19.1 Å². The number of methoxy groups -OCH3 is 1. The number of rotatable bonds is 7. The summed E-state index contributed by atoms with van der Waals surface area (Å²) in [5, 5.41) is 17.8. The zero-order valence-electron chi connectivity index (χ0n) is 11.8. The van der Waals surface area contributed by atoms with Crippen molar-refractivity contribution >= 4 is 17.8 Å². The lowest BCUT2D eigenvalue weighted by molar-refractivity contribution is -0.143. The highest BCUT2D eigenvalue weighted by atomic mass is 16.5. The van der Waals surface area contributed by atoms with Gasteiger partial charge in [0.15, 0.2) is 0 Å². The van der Waals surface area contributed by atoms with Crippen molar-refractivity contribution in [2.75, 3.05) is 13.7 Å². The van der Waals surface area contributed by atoms with Crippen LogP contribution < -0.4 is 4.74 Å². The maximum atomic E-state index is 12.5. The van der Waals surface area contributed by atoms with E-state index in [1.165, 1.54) is 20.1 Å². The number of nitrogens with zero attached hydrogens (tertiary/aromatic N) is 1. The van der Waals surface area contributed by atoms with Crippen LogP contribution in [0.1, 0.15) is 23.7 Å². The lowest BCUT2D eigenvalue weighted by Crippen LogP contribution is -2.44. The first-order chi connectivity index (χ1) is 9.88. The lowest BCUT2D eigenvalue weighted by Gasteiger charge is -2.26. The van der Waals surface area contributed by atoms with Crippen LogP contribution in [0.4, 0.5) is 0 Å². The van der Waals surface area contributed by atoms with Gasteiger partial charge in [0.1, 0.15) is 11.8 Å². The van der Waals surface area contributed by atoms with Gasteiger partial charge in [0.25, 0.3) is 5.91 Å². The number of amides is 1. The standard InChI is InChI=1S/C14H17NO6/c1-9(14(19)20)15(8-7-12(16)17)13(18)10-5-3-4-6-11(10)21-2/h3-6,9H,7-8H2,1-2H3,(H,16,17)(H,19,20). The molecule has 2 N–H and O–H groups in total. The topological polar surface area (TPSA) is 104 Å². The Hall–Kier alpha value is -2.57. The van der Waals surface area contributed by atoms with Crippen molar-refractivity contribution in [1.82, 2.24) is 4.90 Å². The summed E-state index contributed by atoms with van der Waals surface area (Å²) in [5.74, 6) is -2.59. The molecule has 0 spiro atoms. The van der Waals surface area contributed by atoms with Gasteiger partial charge in [-0.2, -0.15) is 0 Å². The van der Waals surface area contributed by atoms with Crippen LogP contribution in [0.25, 0.3) is 0 Å². The van der Waals surface area contributed by atoms with Crippen LogP contribution in [0.2, 0.25) is 0 Å². The minimum Gasteiger partial charge on any atom is -0.496 e. The molecule has 1 amide bonds. The van der Waals surface area contributed by atoms with Crippen molar-refractivity contribution in [3.63, 3.8) is 0 Å². The van der Waals surface area contributed by atoms with Crippen LogP contribution in [-0.4, -0.2) is 52.7 Å². The second kappa shape index (κ2) is 7.28. The Kier molecular flexibility index (Phi) is 5.71. The van der Waals surface area contributed by atoms with Crippen molar-refractivity contribution in [2.24, 2.45) is 0 Å². The van der Waals surface area contributed by atoms with E-state index in [0.29, 0.717) is 5.75 Å². The van der Waals surface area contributed by atoms with Crippen LogP contribution >= 0.6 is 0 Å². The molecule has 1 aromatic rings. The van der Waals surface area contributed by atoms with Gasteiger partial charge in [-0.15, -0.1) is 0 Å². The Morgan fingerprint density at radius 2 is 1.86 bits per heavy atom. The van der Waals surface area contributed by atoms with E-state index in [4.69, 9.17) is 14.9 Å². The smallest absolute Gasteiger partial charge is 0.326 e. The predicted octanol–water partition coefficient (Wildman–Crippen LogP) is 1.09. The summed E-state index contributed by atoms with van der Waals surface area (Å²) in [6.07, 6.45) is -0.335.